The highest BCUT2D eigenvalue weighted by Gasteiger charge is 1.99. The van der Waals surface area contributed by atoms with Gasteiger partial charge in [0.05, 0.1) is 12.7 Å². The molecule has 0 aliphatic heterocycles. The Morgan fingerprint density at radius 1 is 0.750 bits per heavy atom. The molecule has 0 N–H and O–H groups in total. The van der Waals surface area contributed by atoms with Crippen molar-refractivity contribution in [2.45, 2.75) is 20.0 Å². The van der Waals surface area contributed by atoms with Gasteiger partial charge in [0, 0.05) is 0 Å². The fourth-order valence-electron chi connectivity index (χ4n) is 1.67. The fraction of sp³-hybridized carbons (Fsp3) is 0.294. The Labute approximate surface area is 120 Å². The molecular weight excluding hydrogens is 252 g/mol. The van der Waals surface area contributed by atoms with E-state index in [9.17, 15) is 0 Å². The van der Waals surface area contributed by atoms with Crippen LogP contribution in [0, 0.1) is 0 Å². The summed E-state index contributed by atoms with van der Waals surface area (Å²) in [5, 5.41) is 0. The molecule has 0 heterocycles. The summed E-state index contributed by atoms with van der Waals surface area (Å²) < 4.78 is 16.7. The van der Waals surface area contributed by atoms with Crippen LogP contribution in [0.25, 0.3) is 0 Å². The van der Waals surface area contributed by atoms with Crippen molar-refractivity contribution in [1.29, 1.82) is 0 Å². The van der Waals surface area contributed by atoms with Crippen LogP contribution in [0.5, 0.6) is 17.2 Å². The molecule has 0 saturated heterocycles. The lowest BCUT2D eigenvalue weighted by atomic mass is 10.3. The van der Waals surface area contributed by atoms with Crippen LogP contribution in [-0.2, 0) is 4.74 Å². The summed E-state index contributed by atoms with van der Waals surface area (Å²) in [6.07, 6.45) is 0.236. The van der Waals surface area contributed by atoms with E-state index in [4.69, 9.17) is 14.2 Å². The molecule has 0 aliphatic rings. The quantitative estimate of drug-likeness (QED) is 0.704. The number of benzene rings is 2. The molecule has 0 spiro atoms. The smallest absolute Gasteiger partial charge is 0.127 e. The Kier molecular flexibility index (Phi) is 5.44. The SMILES string of the molecule is CC(C)OCCOc1ccc(Oc2ccccc2)cc1. The number of hydrogen-bond donors (Lipinski definition) is 0. The first kappa shape index (κ1) is 14.4. The van der Waals surface area contributed by atoms with Crippen LogP contribution in [-0.4, -0.2) is 19.3 Å². The lowest BCUT2D eigenvalue weighted by molar-refractivity contribution is 0.0552. The standard InChI is InChI=1S/C17H20O3/c1-14(2)18-12-13-19-15-8-10-17(11-9-15)20-16-6-4-3-5-7-16/h3-11,14H,12-13H2,1-2H3. The predicted octanol–water partition coefficient (Wildman–Crippen LogP) is 4.28. The predicted molar refractivity (Wildman–Crippen MR) is 79.5 cm³/mol. The second-order valence-electron chi connectivity index (χ2n) is 4.65. The first-order chi connectivity index (χ1) is 9.74. The molecule has 0 bridgehead atoms. The van der Waals surface area contributed by atoms with E-state index in [1.54, 1.807) is 0 Å². The Hall–Kier alpha value is -2.00. The van der Waals surface area contributed by atoms with Crippen molar-refractivity contribution < 1.29 is 14.2 Å². The van der Waals surface area contributed by atoms with E-state index in [2.05, 4.69) is 0 Å². The van der Waals surface area contributed by atoms with E-state index in [-0.39, 0.29) is 6.10 Å². The van der Waals surface area contributed by atoms with Crippen molar-refractivity contribution in [1.82, 2.24) is 0 Å². The first-order valence-electron chi connectivity index (χ1n) is 6.81. The van der Waals surface area contributed by atoms with Crippen LogP contribution in [0.1, 0.15) is 13.8 Å². The third-order valence-electron chi connectivity index (χ3n) is 2.61. The maximum atomic E-state index is 5.71. The van der Waals surface area contributed by atoms with E-state index in [0.29, 0.717) is 13.2 Å². The molecule has 2 aromatic rings. The van der Waals surface area contributed by atoms with Crippen molar-refractivity contribution in [2.24, 2.45) is 0 Å². The molecule has 0 aliphatic carbocycles. The molecule has 20 heavy (non-hydrogen) atoms. The number of ether oxygens (including phenoxy) is 3. The Balaban J connectivity index is 1.81. The highest BCUT2D eigenvalue weighted by atomic mass is 16.5. The molecular formula is C17H20O3. The van der Waals surface area contributed by atoms with Gasteiger partial charge in [-0.05, 0) is 50.2 Å². The molecule has 0 amide bonds. The highest BCUT2D eigenvalue weighted by molar-refractivity contribution is 5.35. The van der Waals surface area contributed by atoms with Crippen molar-refractivity contribution in [3.63, 3.8) is 0 Å². The fourth-order valence-corrected chi connectivity index (χ4v) is 1.67. The summed E-state index contributed by atoms with van der Waals surface area (Å²) in [5.41, 5.74) is 0. The van der Waals surface area contributed by atoms with Gasteiger partial charge in [0.1, 0.15) is 23.9 Å². The lowest BCUT2D eigenvalue weighted by Crippen LogP contribution is -2.11. The summed E-state index contributed by atoms with van der Waals surface area (Å²) in [4.78, 5) is 0. The van der Waals surface area contributed by atoms with Crippen molar-refractivity contribution in [3.8, 4) is 17.2 Å². The van der Waals surface area contributed by atoms with E-state index >= 15 is 0 Å². The molecule has 2 rings (SSSR count). The first-order valence-corrected chi connectivity index (χ1v) is 6.81. The van der Waals surface area contributed by atoms with Gasteiger partial charge in [-0.1, -0.05) is 18.2 Å². The largest absolute Gasteiger partial charge is 0.491 e. The summed E-state index contributed by atoms with van der Waals surface area (Å²) in [6, 6.07) is 17.3. The zero-order valence-corrected chi connectivity index (χ0v) is 11.9. The third-order valence-corrected chi connectivity index (χ3v) is 2.61. The highest BCUT2D eigenvalue weighted by Crippen LogP contribution is 2.23. The molecule has 0 saturated carbocycles. The van der Waals surface area contributed by atoms with Crippen molar-refractivity contribution in [2.75, 3.05) is 13.2 Å². The topological polar surface area (TPSA) is 27.7 Å². The second-order valence-corrected chi connectivity index (χ2v) is 4.65. The van der Waals surface area contributed by atoms with Crippen molar-refractivity contribution >= 4 is 0 Å². The monoisotopic (exact) mass is 272 g/mol. The summed E-state index contributed by atoms with van der Waals surface area (Å²) in [6.45, 7) is 5.17. The van der Waals surface area contributed by atoms with Gasteiger partial charge < -0.3 is 14.2 Å². The number of rotatable bonds is 7. The van der Waals surface area contributed by atoms with Crippen LogP contribution in [0.3, 0.4) is 0 Å². The third kappa shape index (κ3) is 4.94. The molecule has 3 heteroatoms. The molecule has 0 unspecified atom stereocenters. The Morgan fingerprint density at radius 2 is 1.35 bits per heavy atom. The van der Waals surface area contributed by atoms with Crippen LogP contribution >= 0.6 is 0 Å². The lowest BCUT2D eigenvalue weighted by Gasteiger charge is -2.10. The molecule has 0 fully saturated rings. The van der Waals surface area contributed by atoms with Crippen LogP contribution < -0.4 is 9.47 Å². The van der Waals surface area contributed by atoms with Gasteiger partial charge in [0.25, 0.3) is 0 Å². The second kappa shape index (κ2) is 7.56. The molecule has 3 nitrogen and oxygen atoms in total. The van der Waals surface area contributed by atoms with E-state index < -0.39 is 0 Å². The van der Waals surface area contributed by atoms with Crippen molar-refractivity contribution in [3.05, 3.63) is 54.6 Å². The number of hydrogen-bond acceptors (Lipinski definition) is 3. The van der Waals surface area contributed by atoms with Crippen LogP contribution in [0.4, 0.5) is 0 Å². The van der Waals surface area contributed by atoms with E-state index in [1.165, 1.54) is 0 Å². The summed E-state index contributed by atoms with van der Waals surface area (Å²) in [7, 11) is 0. The van der Waals surface area contributed by atoms with Gasteiger partial charge in [0.15, 0.2) is 0 Å². The van der Waals surface area contributed by atoms with Gasteiger partial charge in [0.2, 0.25) is 0 Å². The molecule has 0 atom stereocenters. The van der Waals surface area contributed by atoms with Gasteiger partial charge in [-0.2, -0.15) is 0 Å². The average molecular weight is 272 g/mol. The Morgan fingerprint density at radius 3 is 2.00 bits per heavy atom. The zero-order valence-electron chi connectivity index (χ0n) is 11.9. The maximum absolute atomic E-state index is 5.71. The average Bonchev–Trinajstić information content (AvgIpc) is 2.46. The van der Waals surface area contributed by atoms with Crippen LogP contribution in [0.15, 0.2) is 54.6 Å². The maximum Gasteiger partial charge on any atom is 0.127 e. The minimum atomic E-state index is 0.236. The summed E-state index contributed by atoms with van der Waals surface area (Å²) in [5.74, 6) is 2.44. The van der Waals surface area contributed by atoms with Gasteiger partial charge in [-0.3, -0.25) is 0 Å². The van der Waals surface area contributed by atoms with Gasteiger partial charge in [-0.15, -0.1) is 0 Å². The summed E-state index contributed by atoms with van der Waals surface area (Å²) >= 11 is 0. The minimum absolute atomic E-state index is 0.236. The Bertz CT molecular complexity index is 491. The van der Waals surface area contributed by atoms with E-state index in [0.717, 1.165) is 17.2 Å². The van der Waals surface area contributed by atoms with Gasteiger partial charge in [-0.25, -0.2) is 0 Å². The molecule has 0 radical (unpaired) electrons. The molecule has 0 aromatic heterocycles. The number of para-hydroxylation sites is 1. The minimum Gasteiger partial charge on any atom is -0.491 e. The normalized spacial score (nSPS) is 10.6. The van der Waals surface area contributed by atoms with E-state index in [1.807, 2.05) is 68.4 Å². The molecule has 2 aromatic carbocycles. The van der Waals surface area contributed by atoms with Crippen LogP contribution in [0.2, 0.25) is 0 Å². The van der Waals surface area contributed by atoms with Gasteiger partial charge >= 0.3 is 0 Å². The zero-order chi connectivity index (χ0) is 14.2. The molecule has 106 valence electrons.